The van der Waals surface area contributed by atoms with Gasteiger partial charge in [0.1, 0.15) is 5.75 Å². The number of aromatic nitrogens is 4. The Balaban J connectivity index is 2.25. The van der Waals surface area contributed by atoms with E-state index >= 15 is 0 Å². The molecule has 0 bridgehead atoms. The number of aryl methyl sites for hydroxylation is 4. The van der Waals surface area contributed by atoms with E-state index in [-0.39, 0.29) is 11.9 Å². The Bertz CT molecular complexity index is 770. The van der Waals surface area contributed by atoms with Gasteiger partial charge in [0.05, 0.1) is 11.4 Å². The summed E-state index contributed by atoms with van der Waals surface area (Å²) in [6.07, 6.45) is -0.302. The highest BCUT2D eigenvalue weighted by Gasteiger charge is 2.24. The predicted octanol–water partition coefficient (Wildman–Crippen LogP) is 3.11. The summed E-state index contributed by atoms with van der Waals surface area (Å²) in [5.41, 5.74) is 4.72. The molecule has 0 aliphatic rings. The van der Waals surface area contributed by atoms with Crippen molar-refractivity contribution in [1.82, 2.24) is 19.6 Å². The van der Waals surface area contributed by atoms with Crippen molar-refractivity contribution in [1.29, 1.82) is 0 Å². The van der Waals surface area contributed by atoms with Crippen molar-refractivity contribution in [3.8, 4) is 5.75 Å². The maximum Gasteiger partial charge on any atom is 0.172 e. The molecule has 3 aromatic rings. The van der Waals surface area contributed by atoms with Crippen LogP contribution in [0.3, 0.4) is 0 Å². The Hall–Kier alpha value is -2.56. The monoisotopic (exact) mass is 296 g/mol. The normalized spacial score (nSPS) is 11.3. The van der Waals surface area contributed by atoms with Crippen LogP contribution in [0.5, 0.6) is 5.75 Å². The van der Waals surface area contributed by atoms with Gasteiger partial charge in [-0.2, -0.15) is 10.2 Å². The summed E-state index contributed by atoms with van der Waals surface area (Å²) in [5.74, 6) is 0.243. The van der Waals surface area contributed by atoms with Crippen LogP contribution in [-0.4, -0.2) is 24.7 Å². The predicted molar refractivity (Wildman–Crippen MR) is 85.0 cm³/mol. The van der Waals surface area contributed by atoms with E-state index in [0.29, 0.717) is 0 Å². The molecule has 1 N–H and O–H groups in total. The van der Waals surface area contributed by atoms with Gasteiger partial charge in [0, 0.05) is 17.0 Å². The van der Waals surface area contributed by atoms with Crippen LogP contribution in [0, 0.1) is 27.7 Å². The van der Waals surface area contributed by atoms with Gasteiger partial charge in [-0.3, -0.25) is 0 Å². The molecule has 0 amide bonds. The summed E-state index contributed by atoms with van der Waals surface area (Å²) in [6, 6.07) is 11.4. The number of hydrogen-bond acceptors (Lipinski definition) is 3. The van der Waals surface area contributed by atoms with Crippen LogP contribution in [0.4, 0.5) is 0 Å². The van der Waals surface area contributed by atoms with Gasteiger partial charge >= 0.3 is 0 Å². The van der Waals surface area contributed by atoms with Crippen LogP contribution >= 0.6 is 0 Å². The molecule has 2 heterocycles. The maximum absolute atomic E-state index is 10.3. The second-order valence-corrected chi connectivity index (χ2v) is 5.68. The highest BCUT2D eigenvalue weighted by atomic mass is 16.3. The lowest BCUT2D eigenvalue weighted by Crippen LogP contribution is -2.24. The number of benzene rings is 1. The Morgan fingerprint density at radius 3 is 1.77 bits per heavy atom. The fraction of sp³-hybridized carbons (Fsp3) is 0.294. The Morgan fingerprint density at radius 1 is 0.864 bits per heavy atom. The van der Waals surface area contributed by atoms with Crippen LogP contribution in [0.2, 0.25) is 0 Å². The zero-order chi connectivity index (χ0) is 15.9. The van der Waals surface area contributed by atoms with Crippen LogP contribution in [-0.2, 0) is 0 Å². The number of rotatable bonds is 3. The van der Waals surface area contributed by atoms with Gasteiger partial charge in [-0.15, -0.1) is 0 Å². The minimum atomic E-state index is -0.302. The molecule has 114 valence electrons. The molecule has 0 spiro atoms. The summed E-state index contributed by atoms with van der Waals surface area (Å²) >= 11 is 0. The molecule has 0 atom stereocenters. The van der Waals surface area contributed by atoms with E-state index in [0.717, 1.165) is 28.3 Å². The molecule has 0 unspecified atom stereocenters. The van der Waals surface area contributed by atoms with E-state index in [4.69, 9.17) is 0 Å². The van der Waals surface area contributed by atoms with Crippen molar-refractivity contribution in [2.45, 2.75) is 33.9 Å². The first-order chi connectivity index (χ1) is 10.5. The number of hydrogen-bond donors (Lipinski definition) is 1. The first-order valence-electron chi connectivity index (χ1n) is 7.31. The van der Waals surface area contributed by atoms with Gasteiger partial charge in [0.2, 0.25) is 0 Å². The van der Waals surface area contributed by atoms with E-state index in [2.05, 4.69) is 10.2 Å². The summed E-state index contributed by atoms with van der Waals surface area (Å²) in [4.78, 5) is 0. The second-order valence-electron chi connectivity index (χ2n) is 5.68. The van der Waals surface area contributed by atoms with E-state index in [9.17, 15) is 5.11 Å². The minimum Gasteiger partial charge on any atom is -0.508 e. The molecule has 0 fully saturated rings. The van der Waals surface area contributed by atoms with Crippen LogP contribution in [0.25, 0.3) is 0 Å². The van der Waals surface area contributed by atoms with Crippen LogP contribution in [0.15, 0.2) is 36.4 Å². The lowest BCUT2D eigenvalue weighted by Gasteiger charge is -2.22. The average molecular weight is 296 g/mol. The van der Waals surface area contributed by atoms with E-state index < -0.39 is 0 Å². The molecule has 0 saturated carbocycles. The van der Waals surface area contributed by atoms with Gasteiger partial charge < -0.3 is 5.11 Å². The van der Waals surface area contributed by atoms with Crippen LogP contribution in [0.1, 0.15) is 34.5 Å². The summed E-state index contributed by atoms with van der Waals surface area (Å²) in [7, 11) is 0. The van der Waals surface area contributed by atoms with E-state index in [1.165, 1.54) is 0 Å². The highest BCUT2D eigenvalue weighted by molar-refractivity contribution is 5.36. The molecule has 5 nitrogen and oxygen atoms in total. The van der Waals surface area contributed by atoms with Gasteiger partial charge in [-0.1, -0.05) is 18.2 Å². The molecule has 22 heavy (non-hydrogen) atoms. The van der Waals surface area contributed by atoms with E-state index in [1.54, 1.807) is 6.07 Å². The molecule has 3 rings (SSSR count). The number of para-hydroxylation sites is 1. The lowest BCUT2D eigenvalue weighted by molar-refractivity contribution is 0.379. The van der Waals surface area contributed by atoms with Crippen molar-refractivity contribution < 1.29 is 5.11 Å². The molecule has 2 aromatic heterocycles. The maximum atomic E-state index is 10.3. The minimum absolute atomic E-state index is 0.243. The standard InChI is InChI=1S/C17H20N4O/c1-11-9-13(3)20(18-11)17(15-7-5-6-8-16(15)22)21-14(4)10-12(2)19-21/h5-10,17,22H,1-4H3. The summed E-state index contributed by atoms with van der Waals surface area (Å²) in [6.45, 7) is 7.95. The number of aromatic hydroxyl groups is 1. The Labute approximate surface area is 129 Å². The third-order valence-corrected chi connectivity index (χ3v) is 3.77. The number of phenolic OH excluding ortho intramolecular Hbond substituents is 1. The smallest absolute Gasteiger partial charge is 0.172 e. The van der Waals surface area contributed by atoms with Gasteiger partial charge in [0.15, 0.2) is 6.17 Å². The lowest BCUT2D eigenvalue weighted by atomic mass is 10.1. The number of phenols is 1. The largest absolute Gasteiger partial charge is 0.508 e. The quantitative estimate of drug-likeness (QED) is 0.808. The average Bonchev–Trinajstić information content (AvgIpc) is 2.95. The molecule has 0 aliphatic heterocycles. The fourth-order valence-electron chi connectivity index (χ4n) is 2.86. The third-order valence-electron chi connectivity index (χ3n) is 3.77. The first-order valence-corrected chi connectivity index (χ1v) is 7.31. The third kappa shape index (κ3) is 2.39. The Morgan fingerprint density at radius 2 is 1.36 bits per heavy atom. The van der Waals surface area contributed by atoms with Crippen molar-refractivity contribution >= 4 is 0 Å². The number of nitrogens with zero attached hydrogens (tertiary/aromatic N) is 4. The second kappa shape index (κ2) is 5.33. The van der Waals surface area contributed by atoms with Gasteiger partial charge in [-0.05, 0) is 45.9 Å². The molecule has 1 aromatic carbocycles. The molecular formula is C17H20N4O. The topological polar surface area (TPSA) is 55.9 Å². The SMILES string of the molecule is Cc1cc(C)n(C(c2ccccc2O)n2nc(C)cc2C)n1. The fourth-order valence-corrected chi connectivity index (χ4v) is 2.86. The van der Waals surface area contributed by atoms with Crippen molar-refractivity contribution in [2.75, 3.05) is 0 Å². The van der Waals surface area contributed by atoms with Gasteiger partial charge in [-0.25, -0.2) is 9.36 Å². The van der Waals surface area contributed by atoms with E-state index in [1.807, 2.05) is 67.4 Å². The zero-order valence-corrected chi connectivity index (χ0v) is 13.3. The van der Waals surface area contributed by atoms with Crippen molar-refractivity contribution in [3.05, 3.63) is 64.7 Å². The molecule has 0 radical (unpaired) electrons. The molecule has 0 saturated heterocycles. The summed E-state index contributed by atoms with van der Waals surface area (Å²) < 4.78 is 3.81. The summed E-state index contributed by atoms with van der Waals surface area (Å²) in [5, 5.41) is 19.5. The van der Waals surface area contributed by atoms with Crippen molar-refractivity contribution in [3.63, 3.8) is 0 Å². The molecular weight excluding hydrogens is 276 g/mol. The molecule has 5 heteroatoms. The Kier molecular flexibility index (Phi) is 3.48. The van der Waals surface area contributed by atoms with Crippen LogP contribution < -0.4 is 0 Å². The van der Waals surface area contributed by atoms with Crippen molar-refractivity contribution in [2.24, 2.45) is 0 Å². The first kappa shape index (κ1) is 14.4. The van der Waals surface area contributed by atoms with Gasteiger partial charge in [0.25, 0.3) is 0 Å². The molecule has 0 aliphatic carbocycles. The highest BCUT2D eigenvalue weighted by Crippen LogP contribution is 2.30. The zero-order valence-electron chi connectivity index (χ0n) is 13.3.